The van der Waals surface area contributed by atoms with Crippen molar-refractivity contribution in [3.8, 4) is 0 Å². The normalized spacial score (nSPS) is 11.4. The van der Waals surface area contributed by atoms with Crippen LogP contribution in [0, 0.1) is 0 Å². The van der Waals surface area contributed by atoms with Crippen LogP contribution in [-0.2, 0) is 31.0 Å². The molecule has 0 aromatic heterocycles. The van der Waals surface area contributed by atoms with Crippen molar-refractivity contribution in [2.75, 3.05) is 19.8 Å². The lowest BCUT2D eigenvalue weighted by atomic mass is 9.98. The molecule has 4 nitrogen and oxygen atoms in total. The van der Waals surface area contributed by atoms with E-state index < -0.39 is 7.82 Å². The summed E-state index contributed by atoms with van der Waals surface area (Å²) in [6, 6.07) is 8.49. The lowest BCUT2D eigenvalue weighted by molar-refractivity contribution is 0.130. The summed E-state index contributed by atoms with van der Waals surface area (Å²) in [5.41, 5.74) is 2.72. The Balaban J connectivity index is 2.48. The van der Waals surface area contributed by atoms with E-state index in [0.29, 0.717) is 6.61 Å². The van der Waals surface area contributed by atoms with Gasteiger partial charge >= 0.3 is 7.82 Å². The zero-order chi connectivity index (χ0) is 18.4. The number of unbranched alkanes of at least 4 members (excludes halogenated alkanes) is 2. The maximum atomic E-state index is 12.4. The summed E-state index contributed by atoms with van der Waals surface area (Å²) in [5, 5.41) is 0. The molecule has 0 bridgehead atoms. The van der Waals surface area contributed by atoms with Gasteiger partial charge in [0.1, 0.15) is 0 Å². The lowest BCUT2D eigenvalue weighted by Gasteiger charge is -2.16. The fourth-order valence-electron chi connectivity index (χ4n) is 2.45. The first-order valence-electron chi connectivity index (χ1n) is 8.97. The Hall–Kier alpha value is -1.19. The average Bonchev–Trinajstić information content (AvgIpc) is 2.63. The van der Waals surface area contributed by atoms with Gasteiger partial charge in [0.05, 0.1) is 19.8 Å². The first kappa shape index (κ1) is 21.9. The van der Waals surface area contributed by atoms with Crippen LogP contribution < -0.4 is 0 Å². The Morgan fingerprint density at radius 1 is 0.920 bits per heavy atom. The van der Waals surface area contributed by atoms with Crippen molar-refractivity contribution in [1.82, 2.24) is 0 Å². The molecule has 0 atom stereocenters. The molecule has 5 heteroatoms. The molecular weight excluding hydrogens is 335 g/mol. The molecule has 0 amide bonds. The van der Waals surface area contributed by atoms with E-state index in [-0.39, 0.29) is 13.2 Å². The molecule has 0 aliphatic rings. The maximum Gasteiger partial charge on any atom is 0.475 e. The van der Waals surface area contributed by atoms with Gasteiger partial charge < -0.3 is 0 Å². The molecule has 0 unspecified atom stereocenters. The molecule has 0 N–H and O–H groups in total. The van der Waals surface area contributed by atoms with E-state index >= 15 is 0 Å². The van der Waals surface area contributed by atoms with Crippen molar-refractivity contribution in [2.24, 2.45) is 0 Å². The molecule has 25 heavy (non-hydrogen) atoms. The van der Waals surface area contributed by atoms with Crippen molar-refractivity contribution in [1.29, 1.82) is 0 Å². The van der Waals surface area contributed by atoms with Crippen molar-refractivity contribution in [3.05, 3.63) is 60.7 Å². The van der Waals surface area contributed by atoms with Crippen LogP contribution in [0.5, 0.6) is 0 Å². The molecule has 1 aromatic carbocycles. The van der Waals surface area contributed by atoms with Gasteiger partial charge in [0.25, 0.3) is 0 Å². The first-order valence-corrected chi connectivity index (χ1v) is 10.4. The van der Waals surface area contributed by atoms with Crippen LogP contribution in [0.3, 0.4) is 0 Å². The average molecular weight is 366 g/mol. The van der Waals surface area contributed by atoms with Crippen molar-refractivity contribution < 1.29 is 18.1 Å². The van der Waals surface area contributed by atoms with Gasteiger partial charge in [-0.25, -0.2) is 4.57 Å². The van der Waals surface area contributed by atoms with Gasteiger partial charge in [-0.15, -0.1) is 13.2 Å². The molecule has 0 fully saturated rings. The minimum atomic E-state index is -3.55. The number of hydrogen-bond acceptors (Lipinski definition) is 4. The molecule has 0 aliphatic carbocycles. The van der Waals surface area contributed by atoms with Crippen LogP contribution in [0.15, 0.2) is 49.6 Å². The van der Waals surface area contributed by atoms with Crippen LogP contribution in [-0.4, -0.2) is 19.8 Å². The van der Waals surface area contributed by atoms with Crippen molar-refractivity contribution in [3.63, 3.8) is 0 Å². The van der Waals surface area contributed by atoms with E-state index in [2.05, 4.69) is 44.3 Å². The summed E-state index contributed by atoms with van der Waals surface area (Å²) in [6.45, 7) is 9.85. The summed E-state index contributed by atoms with van der Waals surface area (Å²) in [5.74, 6) is 0. The number of hydrogen-bond donors (Lipinski definition) is 0. The summed E-state index contributed by atoms with van der Waals surface area (Å²) in [6.07, 6.45) is 9.45. The van der Waals surface area contributed by atoms with Crippen LogP contribution in [0.25, 0.3) is 0 Å². The topological polar surface area (TPSA) is 44.8 Å². The molecule has 0 saturated heterocycles. The van der Waals surface area contributed by atoms with Gasteiger partial charge in [0, 0.05) is 0 Å². The van der Waals surface area contributed by atoms with Gasteiger partial charge in [-0.3, -0.25) is 13.6 Å². The molecule has 1 aromatic rings. The molecule has 0 aliphatic heterocycles. The van der Waals surface area contributed by atoms with Crippen LogP contribution in [0.2, 0.25) is 0 Å². The minimum absolute atomic E-state index is 0.120. The monoisotopic (exact) mass is 366 g/mol. The van der Waals surface area contributed by atoms with Gasteiger partial charge in [0.2, 0.25) is 0 Å². The predicted octanol–water partition coefficient (Wildman–Crippen LogP) is 5.88. The molecule has 0 saturated carbocycles. The van der Waals surface area contributed by atoms with Gasteiger partial charge in [-0.2, -0.15) is 0 Å². The summed E-state index contributed by atoms with van der Waals surface area (Å²) in [7, 11) is -3.55. The minimum Gasteiger partial charge on any atom is -0.287 e. The zero-order valence-corrected chi connectivity index (χ0v) is 16.2. The van der Waals surface area contributed by atoms with E-state index in [1.165, 1.54) is 42.5 Å². The fraction of sp³-hybridized carbons (Fsp3) is 0.500. The van der Waals surface area contributed by atoms with E-state index in [0.717, 1.165) is 19.3 Å². The third-order valence-corrected chi connectivity index (χ3v) is 5.14. The van der Waals surface area contributed by atoms with E-state index in [4.69, 9.17) is 13.6 Å². The molecule has 1 rings (SSSR count). The van der Waals surface area contributed by atoms with E-state index in [1.54, 1.807) is 0 Å². The van der Waals surface area contributed by atoms with Gasteiger partial charge in [0.15, 0.2) is 0 Å². The van der Waals surface area contributed by atoms with Crippen molar-refractivity contribution >= 4 is 7.82 Å². The molecule has 0 heterocycles. The van der Waals surface area contributed by atoms with E-state index in [1.807, 2.05) is 0 Å². The predicted molar refractivity (Wildman–Crippen MR) is 104 cm³/mol. The first-order chi connectivity index (χ1) is 12.1. The maximum absolute atomic E-state index is 12.4. The zero-order valence-electron chi connectivity index (χ0n) is 15.3. The van der Waals surface area contributed by atoms with E-state index in [9.17, 15) is 4.57 Å². The van der Waals surface area contributed by atoms with Crippen molar-refractivity contribution in [2.45, 2.75) is 45.4 Å². The molecule has 140 valence electrons. The SMILES string of the molecule is C=CCOP(=O)(OCC=C)OCCCc1ccccc1CCCCC. The third-order valence-electron chi connectivity index (χ3n) is 3.71. The van der Waals surface area contributed by atoms with Crippen LogP contribution in [0.1, 0.15) is 43.7 Å². The third kappa shape index (κ3) is 9.18. The lowest BCUT2D eigenvalue weighted by Crippen LogP contribution is -2.03. The Bertz CT molecular complexity index is 540. The highest BCUT2D eigenvalue weighted by Crippen LogP contribution is 2.49. The molecule has 0 spiro atoms. The molecule has 0 radical (unpaired) electrons. The Kier molecular flexibility index (Phi) is 11.4. The largest absolute Gasteiger partial charge is 0.475 e. The highest BCUT2D eigenvalue weighted by molar-refractivity contribution is 7.48. The van der Waals surface area contributed by atoms with Crippen LogP contribution >= 0.6 is 7.82 Å². The van der Waals surface area contributed by atoms with Gasteiger partial charge in [-0.05, 0) is 36.8 Å². The quantitative estimate of drug-likeness (QED) is 0.221. The Morgan fingerprint density at radius 3 is 2.00 bits per heavy atom. The number of benzene rings is 1. The molecular formula is C20H31O4P. The highest BCUT2D eigenvalue weighted by atomic mass is 31.2. The Labute approximate surface area is 152 Å². The second-order valence-corrected chi connectivity index (χ2v) is 7.45. The second kappa shape index (κ2) is 13.1. The smallest absolute Gasteiger partial charge is 0.287 e. The standard InChI is InChI=1S/C20H31O4P/c1-4-7-8-12-19-13-9-10-14-20(19)15-11-18-24-25(21,22-16-5-2)23-17-6-3/h5-6,9-10,13-14H,2-4,7-8,11-12,15-18H2,1H3. The van der Waals surface area contributed by atoms with Crippen LogP contribution in [0.4, 0.5) is 0 Å². The second-order valence-electron chi connectivity index (χ2n) is 5.78. The summed E-state index contributed by atoms with van der Waals surface area (Å²) < 4.78 is 28.2. The fourth-order valence-corrected chi connectivity index (χ4v) is 3.60. The van der Waals surface area contributed by atoms with Gasteiger partial charge in [-0.1, -0.05) is 56.2 Å². The number of phosphoric acid groups is 1. The number of rotatable bonds is 15. The number of phosphoric ester groups is 1. The number of aryl methyl sites for hydroxylation is 2. The Morgan fingerprint density at radius 2 is 1.48 bits per heavy atom. The summed E-state index contributed by atoms with van der Waals surface area (Å²) in [4.78, 5) is 0. The highest BCUT2D eigenvalue weighted by Gasteiger charge is 2.25. The summed E-state index contributed by atoms with van der Waals surface area (Å²) >= 11 is 0.